The number of hydrogen-bond acceptors (Lipinski definition) is 8. The predicted octanol–water partition coefficient (Wildman–Crippen LogP) is 2.89. The van der Waals surface area contributed by atoms with Crippen LogP contribution in [0.1, 0.15) is 31.7 Å². The lowest BCUT2D eigenvalue weighted by Crippen LogP contribution is -2.32. The average Bonchev–Trinajstić information content (AvgIpc) is 3.38. The summed E-state index contributed by atoms with van der Waals surface area (Å²) in [5.41, 5.74) is 6.29. The van der Waals surface area contributed by atoms with Crippen LogP contribution < -0.4 is 16.4 Å². The number of aliphatic hydroxyl groups excluding tert-OH is 1. The van der Waals surface area contributed by atoms with Gasteiger partial charge in [-0.1, -0.05) is 11.6 Å². The molecule has 1 amide bonds. The first-order valence-corrected chi connectivity index (χ1v) is 11.7. The fraction of sp³-hybridized carbons (Fsp3) is 0.455. The van der Waals surface area contributed by atoms with Crippen molar-refractivity contribution in [1.82, 2.24) is 19.5 Å². The van der Waals surface area contributed by atoms with Gasteiger partial charge in [0.15, 0.2) is 11.5 Å². The van der Waals surface area contributed by atoms with Crippen molar-refractivity contribution in [3.63, 3.8) is 0 Å². The second kappa shape index (κ2) is 9.51. The number of aliphatic hydroxyl groups is 1. The third-order valence-electron chi connectivity index (χ3n) is 6.51. The summed E-state index contributed by atoms with van der Waals surface area (Å²) in [6.07, 6.45) is 3.25. The molecule has 0 spiro atoms. The molecule has 1 aliphatic carbocycles. The van der Waals surface area contributed by atoms with Crippen LogP contribution in [0.5, 0.6) is 0 Å². The standard InChI is InChI=1S/C22H24ClF2N7O3/c23-13-5-11(24)6-14(25)18(13)30-22-29-15-7-27-21(28-16-8-35-9-17(16)33)31-20(15)32(22)12-3-1-10(2-4-12)19(26)34/h5-7,10,12,16-17,33H,1-4,8-9H2,(H2,26,34)(H,29,30)(H,27,28,31)/t10?,12?,16-,17+/m0/s1. The lowest BCUT2D eigenvalue weighted by molar-refractivity contribution is -0.122. The molecule has 1 saturated heterocycles. The van der Waals surface area contributed by atoms with Crippen LogP contribution in [0.3, 0.4) is 0 Å². The van der Waals surface area contributed by atoms with Crippen molar-refractivity contribution in [3.05, 3.63) is 35.0 Å². The number of amides is 1. The number of nitrogens with zero attached hydrogens (tertiary/aromatic N) is 4. The van der Waals surface area contributed by atoms with Gasteiger partial charge in [0.25, 0.3) is 0 Å². The van der Waals surface area contributed by atoms with Crippen molar-refractivity contribution in [1.29, 1.82) is 0 Å². The molecule has 0 bridgehead atoms. The largest absolute Gasteiger partial charge is 0.388 e. The van der Waals surface area contributed by atoms with Gasteiger partial charge in [0, 0.05) is 18.0 Å². The number of hydrogen-bond donors (Lipinski definition) is 4. The normalized spacial score (nSPS) is 24.6. The summed E-state index contributed by atoms with van der Waals surface area (Å²) in [6, 6.07) is 1.26. The highest BCUT2D eigenvalue weighted by Gasteiger charge is 2.30. The van der Waals surface area contributed by atoms with Gasteiger partial charge in [-0.15, -0.1) is 0 Å². The summed E-state index contributed by atoms with van der Waals surface area (Å²) >= 11 is 6.11. The van der Waals surface area contributed by atoms with Crippen molar-refractivity contribution in [2.24, 2.45) is 11.7 Å². The molecule has 2 aliphatic rings. The van der Waals surface area contributed by atoms with Crippen LogP contribution >= 0.6 is 11.6 Å². The Bertz CT molecular complexity index is 1240. The van der Waals surface area contributed by atoms with Gasteiger partial charge in [-0.05, 0) is 31.7 Å². The molecule has 2 fully saturated rings. The third-order valence-corrected chi connectivity index (χ3v) is 6.80. The molecule has 1 saturated carbocycles. The Labute approximate surface area is 203 Å². The van der Waals surface area contributed by atoms with E-state index in [-0.39, 0.29) is 53.1 Å². The first kappa shape index (κ1) is 23.6. The van der Waals surface area contributed by atoms with Crippen molar-refractivity contribution >= 4 is 46.3 Å². The molecule has 3 aromatic rings. The number of halogens is 3. The number of fused-ring (bicyclic) bond motifs is 1. The predicted molar refractivity (Wildman–Crippen MR) is 124 cm³/mol. The molecule has 10 nitrogen and oxygen atoms in total. The van der Waals surface area contributed by atoms with Gasteiger partial charge in [-0.2, -0.15) is 4.98 Å². The molecule has 35 heavy (non-hydrogen) atoms. The third kappa shape index (κ3) is 4.73. The minimum atomic E-state index is -0.866. The topological polar surface area (TPSA) is 140 Å². The van der Waals surface area contributed by atoms with Gasteiger partial charge in [0.05, 0.1) is 42.3 Å². The van der Waals surface area contributed by atoms with Gasteiger partial charge in [-0.3, -0.25) is 9.36 Å². The maximum atomic E-state index is 14.5. The number of nitrogens with two attached hydrogens (primary N) is 1. The Hall–Kier alpha value is -3.09. The van der Waals surface area contributed by atoms with Gasteiger partial charge in [0.2, 0.25) is 17.8 Å². The van der Waals surface area contributed by atoms with Crippen molar-refractivity contribution in [3.8, 4) is 0 Å². The average molecular weight is 508 g/mol. The van der Waals surface area contributed by atoms with E-state index < -0.39 is 17.7 Å². The minimum absolute atomic E-state index is 0.118. The molecule has 1 aliphatic heterocycles. The maximum absolute atomic E-state index is 14.5. The van der Waals surface area contributed by atoms with Gasteiger partial charge < -0.3 is 26.2 Å². The second-order valence-electron chi connectivity index (χ2n) is 8.84. The van der Waals surface area contributed by atoms with Crippen LogP contribution in [0.4, 0.5) is 26.4 Å². The number of aromatic nitrogens is 4. The molecule has 5 N–H and O–H groups in total. The minimum Gasteiger partial charge on any atom is -0.388 e. The number of carbonyl (C=O) groups excluding carboxylic acids is 1. The number of imidazole rings is 1. The van der Waals surface area contributed by atoms with E-state index in [0.29, 0.717) is 43.5 Å². The summed E-state index contributed by atoms with van der Waals surface area (Å²) in [6.45, 7) is 0.535. The summed E-state index contributed by atoms with van der Waals surface area (Å²) < 4.78 is 35.2. The van der Waals surface area contributed by atoms with Crippen LogP contribution in [0, 0.1) is 17.6 Å². The Morgan fingerprint density at radius 3 is 2.63 bits per heavy atom. The molecule has 0 radical (unpaired) electrons. The van der Waals surface area contributed by atoms with E-state index in [4.69, 9.17) is 22.1 Å². The van der Waals surface area contributed by atoms with E-state index in [0.717, 1.165) is 12.1 Å². The zero-order valence-corrected chi connectivity index (χ0v) is 19.3. The van der Waals surface area contributed by atoms with Crippen molar-refractivity contribution < 1.29 is 23.4 Å². The molecule has 13 heteroatoms. The molecule has 5 rings (SSSR count). The zero-order chi connectivity index (χ0) is 24.7. The summed E-state index contributed by atoms with van der Waals surface area (Å²) in [4.78, 5) is 25.1. The Balaban J connectivity index is 1.54. The molecular formula is C22H24ClF2N7O3. The highest BCUT2D eigenvalue weighted by molar-refractivity contribution is 6.33. The SMILES string of the molecule is NC(=O)C1CCC(n2c(Nc3c(F)cc(F)cc3Cl)nc3cnc(N[C@H]4COC[C@H]4O)nc32)CC1. The monoisotopic (exact) mass is 507 g/mol. The number of anilines is 3. The fourth-order valence-corrected chi connectivity index (χ4v) is 4.87. The summed E-state index contributed by atoms with van der Waals surface area (Å²) in [5.74, 6) is -1.67. The molecule has 2 atom stereocenters. The fourth-order valence-electron chi connectivity index (χ4n) is 4.63. The van der Waals surface area contributed by atoms with Crippen LogP contribution in [-0.4, -0.2) is 55.9 Å². The van der Waals surface area contributed by atoms with E-state index in [1.807, 2.05) is 4.57 Å². The number of ether oxygens (including phenoxy) is 1. The Morgan fingerprint density at radius 2 is 1.97 bits per heavy atom. The Morgan fingerprint density at radius 1 is 1.20 bits per heavy atom. The van der Waals surface area contributed by atoms with E-state index >= 15 is 0 Å². The summed E-state index contributed by atoms with van der Waals surface area (Å²) in [7, 11) is 0. The van der Waals surface area contributed by atoms with Crippen molar-refractivity contribution in [2.75, 3.05) is 23.8 Å². The highest BCUT2D eigenvalue weighted by atomic mass is 35.5. The molecule has 1 aromatic carbocycles. The number of primary amides is 1. The first-order valence-electron chi connectivity index (χ1n) is 11.3. The molecule has 0 unspecified atom stereocenters. The molecule has 3 heterocycles. The lowest BCUT2D eigenvalue weighted by atomic mass is 9.85. The lowest BCUT2D eigenvalue weighted by Gasteiger charge is -2.29. The summed E-state index contributed by atoms with van der Waals surface area (Å²) in [5, 5.41) is 15.9. The first-order chi connectivity index (χ1) is 16.8. The van der Waals surface area contributed by atoms with Crippen LogP contribution in [0.2, 0.25) is 5.02 Å². The molecule has 2 aromatic heterocycles. The quantitative estimate of drug-likeness (QED) is 0.399. The number of carbonyl (C=O) groups is 1. The van der Waals surface area contributed by atoms with E-state index in [9.17, 15) is 18.7 Å². The van der Waals surface area contributed by atoms with Crippen LogP contribution in [-0.2, 0) is 9.53 Å². The number of nitrogens with one attached hydrogen (secondary N) is 2. The zero-order valence-electron chi connectivity index (χ0n) is 18.5. The van der Waals surface area contributed by atoms with Gasteiger partial charge in [-0.25, -0.2) is 18.7 Å². The number of rotatable bonds is 6. The highest BCUT2D eigenvalue weighted by Crippen LogP contribution is 2.38. The van der Waals surface area contributed by atoms with E-state index in [2.05, 4.69) is 25.6 Å². The maximum Gasteiger partial charge on any atom is 0.225 e. The number of benzene rings is 1. The molecular weight excluding hydrogens is 484 g/mol. The second-order valence-corrected chi connectivity index (χ2v) is 9.25. The molecule has 186 valence electrons. The van der Waals surface area contributed by atoms with Crippen LogP contribution in [0.15, 0.2) is 18.3 Å². The van der Waals surface area contributed by atoms with Gasteiger partial charge >= 0.3 is 0 Å². The van der Waals surface area contributed by atoms with Crippen LogP contribution in [0.25, 0.3) is 11.2 Å². The van der Waals surface area contributed by atoms with Gasteiger partial charge in [0.1, 0.15) is 11.3 Å². The smallest absolute Gasteiger partial charge is 0.225 e. The van der Waals surface area contributed by atoms with Crippen molar-refractivity contribution in [2.45, 2.75) is 43.9 Å². The van der Waals surface area contributed by atoms with E-state index in [1.165, 1.54) is 6.20 Å². The van der Waals surface area contributed by atoms with E-state index in [1.54, 1.807) is 0 Å². The Kier molecular flexibility index (Phi) is 6.43.